The summed E-state index contributed by atoms with van der Waals surface area (Å²) in [5.74, 6) is -0.0408. The highest BCUT2D eigenvalue weighted by atomic mass is 16.1. The molecule has 3 heteroatoms. The van der Waals surface area contributed by atoms with E-state index in [4.69, 9.17) is 0 Å². The average Bonchev–Trinajstić information content (AvgIpc) is 2.97. The van der Waals surface area contributed by atoms with E-state index in [1.165, 1.54) is 33.5 Å². The number of aryl methyl sites for hydroxylation is 3. The molecule has 0 aliphatic heterocycles. The van der Waals surface area contributed by atoms with Gasteiger partial charge in [-0.3, -0.25) is 4.79 Å². The predicted octanol–water partition coefficient (Wildman–Crippen LogP) is 5.85. The lowest BCUT2D eigenvalue weighted by molar-refractivity contribution is 0.0951. The highest BCUT2D eigenvalue weighted by Crippen LogP contribution is 2.27. The molecule has 4 aromatic rings. The predicted molar refractivity (Wildman–Crippen MR) is 124 cm³/mol. The Labute approximate surface area is 178 Å². The number of rotatable bonds is 5. The molecule has 1 aromatic heterocycles. The fraction of sp³-hybridized carbons (Fsp3) is 0.222. The fourth-order valence-corrected chi connectivity index (χ4v) is 3.98. The molecule has 4 rings (SSSR count). The quantitative estimate of drug-likeness (QED) is 0.451. The Hall–Kier alpha value is -3.33. The van der Waals surface area contributed by atoms with Gasteiger partial charge in [-0.1, -0.05) is 59.7 Å². The van der Waals surface area contributed by atoms with Gasteiger partial charge < -0.3 is 9.88 Å². The Morgan fingerprint density at radius 2 is 1.60 bits per heavy atom. The molecule has 0 saturated heterocycles. The van der Waals surface area contributed by atoms with Crippen molar-refractivity contribution in [1.29, 1.82) is 0 Å². The van der Waals surface area contributed by atoms with E-state index in [2.05, 4.69) is 92.2 Å². The molecule has 3 aromatic carbocycles. The van der Waals surface area contributed by atoms with Gasteiger partial charge in [0.1, 0.15) is 0 Å². The number of benzene rings is 3. The molecule has 1 amide bonds. The summed E-state index contributed by atoms with van der Waals surface area (Å²) in [6.07, 6.45) is 0. The van der Waals surface area contributed by atoms with Gasteiger partial charge in [0.15, 0.2) is 0 Å². The maximum atomic E-state index is 12.7. The minimum absolute atomic E-state index is 0.0408. The Bertz CT molecular complexity index is 1220. The summed E-state index contributed by atoms with van der Waals surface area (Å²) in [5, 5.41) is 4.18. The highest BCUT2D eigenvalue weighted by Gasteiger charge is 2.14. The van der Waals surface area contributed by atoms with Gasteiger partial charge >= 0.3 is 0 Å². The van der Waals surface area contributed by atoms with Crippen LogP contribution in [0.25, 0.3) is 10.9 Å². The van der Waals surface area contributed by atoms with Gasteiger partial charge in [0, 0.05) is 35.2 Å². The number of nitrogens with zero attached hydrogens (tertiary/aromatic N) is 1. The summed E-state index contributed by atoms with van der Waals surface area (Å²) in [5.41, 5.74) is 9.21. The minimum atomic E-state index is -0.0408. The molecule has 3 nitrogen and oxygen atoms in total. The SMILES string of the molecule is Cc1ccc(CNC(=O)c2ccc3c(c2)c(C)c(C)n3Cc2cccc(C)c2)cc1. The summed E-state index contributed by atoms with van der Waals surface area (Å²) in [6.45, 7) is 9.84. The van der Waals surface area contributed by atoms with Crippen LogP contribution in [0.3, 0.4) is 0 Å². The van der Waals surface area contributed by atoms with Gasteiger partial charge in [0.05, 0.1) is 0 Å². The Kier molecular flexibility index (Phi) is 5.45. The summed E-state index contributed by atoms with van der Waals surface area (Å²) < 4.78 is 2.34. The third-order valence-electron chi connectivity index (χ3n) is 5.90. The van der Waals surface area contributed by atoms with Crippen molar-refractivity contribution in [2.75, 3.05) is 0 Å². The molecule has 0 aliphatic rings. The standard InChI is InChI=1S/C27H28N2O/c1-18-8-10-22(11-9-18)16-28-27(30)24-12-13-26-25(15-24)20(3)21(4)29(26)17-23-7-5-6-19(2)14-23/h5-15H,16-17H2,1-4H3,(H,28,30). The maximum Gasteiger partial charge on any atom is 0.251 e. The van der Waals surface area contributed by atoms with Gasteiger partial charge in [0.2, 0.25) is 0 Å². The van der Waals surface area contributed by atoms with Crippen LogP contribution in [-0.2, 0) is 13.1 Å². The molecule has 30 heavy (non-hydrogen) atoms. The van der Waals surface area contributed by atoms with Crippen molar-refractivity contribution in [1.82, 2.24) is 9.88 Å². The molecule has 152 valence electrons. The van der Waals surface area contributed by atoms with Crippen LogP contribution in [-0.4, -0.2) is 10.5 Å². The first-order chi connectivity index (χ1) is 14.4. The van der Waals surface area contributed by atoms with Gasteiger partial charge in [-0.05, 0) is 62.6 Å². The van der Waals surface area contributed by atoms with Crippen LogP contribution in [0.4, 0.5) is 0 Å². The topological polar surface area (TPSA) is 34.0 Å². The van der Waals surface area contributed by atoms with Crippen LogP contribution in [0.15, 0.2) is 66.7 Å². The van der Waals surface area contributed by atoms with E-state index in [0.717, 1.165) is 17.5 Å². The van der Waals surface area contributed by atoms with Crippen LogP contribution in [0.2, 0.25) is 0 Å². The van der Waals surface area contributed by atoms with Crippen LogP contribution in [0.1, 0.15) is 43.9 Å². The second-order valence-corrected chi connectivity index (χ2v) is 8.19. The monoisotopic (exact) mass is 396 g/mol. The van der Waals surface area contributed by atoms with E-state index >= 15 is 0 Å². The molecular weight excluding hydrogens is 368 g/mol. The number of fused-ring (bicyclic) bond motifs is 1. The first-order valence-corrected chi connectivity index (χ1v) is 10.4. The summed E-state index contributed by atoms with van der Waals surface area (Å²) in [7, 11) is 0. The molecule has 0 saturated carbocycles. The summed E-state index contributed by atoms with van der Waals surface area (Å²) in [6, 6.07) is 22.9. The largest absolute Gasteiger partial charge is 0.348 e. The molecule has 0 fully saturated rings. The normalized spacial score (nSPS) is 11.1. The highest BCUT2D eigenvalue weighted by molar-refractivity contribution is 5.99. The minimum Gasteiger partial charge on any atom is -0.348 e. The van der Waals surface area contributed by atoms with Crippen LogP contribution < -0.4 is 5.32 Å². The van der Waals surface area contributed by atoms with E-state index in [9.17, 15) is 4.79 Å². The molecule has 0 radical (unpaired) electrons. The number of nitrogens with one attached hydrogen (secondary N) is 1. The smallest absolute Gasteiger partial charge is 0.251 e. The number of carbonyl (C=O) groups excluding carboxylic acids is 1. The van der Waals surface area contributed by atoms with Crippen LogP contribution in [0, 0.1) is 27.7 Å². The van der Waals surface area contributed by atoms with Crippen LogP contribution >= 0.6 is 0 Å². The Morgan fingerprint density at radius 3 is 2.33 bits per heavy atom. The summed E-state index contributed by atoms with van der Waals surface area (Å²) >= 11 is 0. The second kappa shape index (κ2) is 8.19. The number of carbonyl (C=O) groups is 1. The Morgan fingerprint density at radius 1 is 0.833 bits per heavy atom. The van der Waals surface area contributed by atoms with Crippen molar-refractivity contribution in [3.8, 4) is 0 Å². The average molecular weight is 397 g/mol. The molecule has 0 atom stereocenters. The zero-order valence-electron chi connectivity index (χ0n) is 18.1. The number of hydrogen-bond acceptors (Lipinski definition) is 1. The third-order valence-corrected chi connectivity index (χ3v) is 5.90. The lowest BCUT2D eigenvalue weighted by Crippen LogP contribution is -2.22. The van der Waals surface area contributed by atoms with E-state index in [-0.39, 0.29) is 5.91 Å². The molecule has 1 N–H and O–H groups in total. The van der Waals surface area contributed by atoms with Gasteiger partial charge in [-0.2, -0.15) is 0 Å². The molecule has 0 unspecified atom stereocenters. The first kappa shape index (κ1) is 20.0. The number of aromatic nitrogens is 1. The summed E-state index contributed by atoms with van der Waals surface area (Å²) in [4.78, 5) is 12.7. The number of hydrogen-bond donors (Lipinski definition) is 1. The Balaban J connectivity index is 1.58. The lowest BCUT2D eigenvalue weighted by atomic mass is 10.1. The fourth-order valence-electron chi connectivity index (χ4n) is 3.98. The lowest BCUT2D eigenvalue weighted by Gasteiger charge is -2.10. The van der Waals surface area contributed by atoms with Gasteiger partial charge in [-0.15, -0.1) is 0 Å². The van der Waals surface area contributed by atoms with E-state index < -0.39 is 0 Å². The van der Waals surface area contributed by atoms with Crippen molar-refractivity contribution in [3.05, 3.63) is 106 Å². The zero-order chi connectivity index (χ0) is 21.3. The molecule has 0 aliphatic carbocycles. The van der Waals surface area contributed by atoms with Crippen molar-refractivity contribution in [2.45, 2.75) is 40.8 Å². The third kappa shape index (κ3) is 4.02. The second-order valence-electron chi connectivity index (χ2n) is 8.19. The van der Waals surface area contributed by atoms with E-state index in [1.54, 1.807) is 0 Å². The van der Waals surface area contributed by atoms with Crippen LogP contribution in [0.5, 0.6) is 0 Å². The van der Waals surface area contributed by atoms with E-state index in [0.29, 0.717) is 12.1 Å². The van der Waals surface area contributed by atoms with Gasteiger partial charge in [0.25, 0.3) is 5.91 Å². The van der Waals surface area contributed by atoms with Gasteiger partial charge in [-0.25, -0.2) is 0 Å². The van der Waals surface area contributed by atoms with Crippen molar-refractivity contribution in [2.24, 2.45) is 0 Å². The number of amides is 1. The molecule has 0 bridgehead atoms. The molecular formula is C27H28N2O. The van der Waals surface area contributed by atoms with Crippen molar-refractivity contribution >= 4 is 16.8 Å². The van der Waals surface area contributed by atoms with Crippen molar-refractivity contribution in [3.63, 3.8) is 0 Å². The first-order valence-electron chi connectivity index (χ1n) is 10.4. The molecule has 0 spiro atoms. The maximum absolute atomic E-state index is 12.7. The zero-order valence-corrected chi connectivity index (χ0v) is 18.1. The van der Waals surface area contributed by atoms with E-state index in [1.807, 2.05) is 12.1 Å². The molecule has 1 heterocycles. The van der Waals surface area contributed by atoms with Crippen molar-refractivity contribution < 1.29 is 4.79 Å².